The number of nitrogens with zero attached hydrogens (tertiary/aromatic N) is 3. The van der Waals surface area contributed by atoms with Crippen LogP contribution in [0.5, 0.6) is 0 Å². The molecule has 112 valence electrons. The predicted molar refractivity (Wildman–Crippen MR) is 79.7 cm³/mol. The van der Waals surface area contributed by atoms with E-state index in [2.05, 4.69) is 11.2 Å². The minimum absolute atomic E-state index is 0.0780. The highest BCUT2D eigenvalue weighted by molar-refractivity contribution is 5.77. The van der Waals surface area contributed by atoms with Crippen LogP contribution in [-0.2, 0) is 16.6 Å². The quantitative estimate of drug-likeness (QED) is 0.813. The molecule has 5 nitrogen and oxygen atoms in total. The van der Waals surface area contributed by atoms with E-state index in [9.17, 15) is 4.79 Å². The third kappa shape index (κ3) is 2.86. The van der Waals surface area contributed by atoms with Crippen LogP contribution in [0.2, 0.25) is 0 Å². The molecule has 1 heterocycles. The predicted octanol–water partition coefficient (Wildman–Crippen LogP) is 2.70. The van der Waals surface area contributed by atoms with E-state index in [1.165, 1.54) is 0 Å². The van der Waals surface area contributed by atoms with Gasteiger partial charge in [0.05, 0.1) is 23.7 Å². The molecule has 2 aromatic rings. The number of aryl methyl sites for hydroxylation is 1. The summed E-state index contributed by atoms with van der Waals surface area (Å²) in [5.74, 6) is -0.0339. The van der Waals surface area contributed by atoms with Gasteiger partial charge in [-0.15, -0.1) is 0 Å². The van der Waals surface area contributed by atoms with E-state index < -0.39 is 0 Å². The highest BCUT2D eigenvalue weighted by Crippen LogP contribution is 2.48. The number of carbonyl (C=O) groups excluding carboxylic acids is 1. The molecule has 0 spiro atoms. The molecule has 0 unspecified atom stereocenters. The molecule has 1 aliphatic carbocycles. The largest absolute Gasteiger partial charge is 0.458 e. The summed E-state index contributed by atoms with van der Waals surface area (Å²) in [6, 6.07) is 9.24. The number of carbonyl (C=O) groups is 1. The Morgan fingerprint density at radius 3 is 3.05 bits per heavy atom. The van der Waals surface area contributed by atoms with Crippen LogP contribution in [0, 0.1) is 17.2 Å². The standard InChI is InChI=1S/C17H17N3O2/c1-11(13-5-3-4-12(6-13)8-18)22-17(21)16-7-15(16)14-9-19-20(2)10-14/h3-6,9-11,15-16H,7H2,1-2H3/t11-,15+,16-/m0/s1. The van der Waals surface area contributed by atoms with Crippen LogP contribution in [0.25, 0.3) is 0 Å². The summed E-state index contributed by atoms with van der Waals surface area (Å²) in [6.45, 7) is 1.83. The van der Waals surface area contributed by atoms with Crippen molar-refractivity contribution < 1.29 is 9.53 Å². The smallest absolute Gasteiger partial charge is 0.310 e. The third-order valence-electron chi connectivity index (χ3n) is 4.02. The molecule has 22 heavy (non-hydrogen) atoms. The molecule has 0 saturated heterocycles. The Morgan fingerprint density at radius 1 is 1.55 bits per heavy atom. The van der Waals surface area contributed by atoms with Crippen LogP contribution in [-0.4, -0.2) is 15.7 Å². The van der Waals surface area contributed by atoms with Gasteiger partial charge in [-0.1, -0.05) is 12.1 Å². The van der Waals surface area contributed by atoms with Crippen molar-refractivity contribution in [2.75, 3.05) is 0 Å². The molecule has 0 radical (unpaired) electrons. The molecule has 1 aliphatic rings. The number of aromatic nitrogens is 2. The second-order valence-electron chi connectivity index (χ2n) is 5.71. The lowest BCUT2D eigenvalue weighted by atomic mass is 10.1. The zero-order chi connectivity index (χ0) is 15.7. The van der Waals surface area contributed by atoms with Crippen molar-refractivity contribution in [3.8, 4) is 6.07 Å². The van der Waals surface area contributed by atoms with Crippen molar-refractivity contribution in [2.45, 2.75) is 25.4 Å². The maximum absolute atomic E-state index is 12.2. The van der Waals surface area contributed by atoms with Crippen LogP contribution >= 0.6 is 0 Å². The maximum atomic E-state index is 12.2. The molecular weight excluding hydrogens is 278 g/mol. The van der Waals surface area contributed by atoms with Gasteiger partial charge in [0.15, 0.2) is 0 Å². The maximum Gasteiger partial charge on any atom is 0.310 e. The molecule has 5 heteroatoms. The van der Waals surface area contributed by atoms with Gasteiger partial charge in [0.25, 0.3) is 0 Å². The Hall–Kier alpha value is -2.61. The number of hydrogen-bond donors (Lipinski definition) is 0. The summed E-state index contributed by atoms with van der Waals surface area (Å²) in [6.07, 6.45) is 4.21. The van der Waals surface area contributed by atoms with Gasteiger partial charge in [-0.3, -0.25) is 9.48 Å². The van der Waals surface area contributed by atoms with Crippen molar-refractivity contribution in [1.82, 2.24) is 9.78 Å². The molecule has 0 bridgehead atoms. The molecule has 0 amide bonds. The van der Waals surface area contributed by atoms with E-state index in [-0.39, 0.29) is 23.9 Å². The average Bonchev–Trinajstić information content (AvgIpc) is 3.22. The Labute approximate surface area is 129 Å². The summed E-state index contributed by atoms with van der Waals surface area (Å²) < 4.78 is 7.28. The molecule has 3 atom stereocenters. The molecular formula is C17H17N3O2. The number of esters is 1. The van der Waals surface area contributed by atoms with Gasteiger partial charge in [-0.05, 0) is 36.6 Å². The fourth-order valence-corrected chi connectivity index (χ4v) is 2.65. The third-order valence-corrected chi connectivity index (χ3v) is 4.02. The van der Waals surface area contributed by atoms with Crippen molar-refractivity contribution >= 4 is 5.97 Å². The van der Waals surface area contributed by atoms with E-state index in [0.717, 1.165) is 17.5 Å². The normalized spacial score (nSPS) is 21.0. The number of nitriles is 1. The second kappa shape index (κ2) is 5.64. The van der Waals surface area contributed by atoms with E-state index in [4.69, 9.17) is 10.00 Å². The number of rotatable bonds is 4. The number of benzene rings is 1. The second-order valence-corrected chi connectivity index (χ2v) is 5.71. The van der Waals surface area contributed by atoms with E-state index in [1.54, 1.807) is 29.1 Å². The van der Waals surface area contributed by atoms with Gasteiger partial charge in [0.1, 0.15) is 6.10 Å². The van der Waals surface area contributed by atoms with Gasteiger partial charge >= 0.3 is 5.97 Å². The van der Waals surface area contributed by atoms with Gasteiger partial charge in [-0.2, -0.15) is 10.4 Å². The first-order valence-electron chi connectivity index (χ1n) is 7.27. The Kier molecular flexibility index (Phi) is 3.68. The van der Waals surface area contributed by atoms with Crippen LogP contribution in [0.1, 0.15) is 42.1 Å². The SMILES string of the molecule is C[C@H](OC(=O)[C@H]1C[C@@H]1c1cnn(C)c1)c1cccc(C#N)c1. The first-order chi connectivity index (χ1) is 10.6. The monoisotopic (exact) mass is 295 g/mol. The van der Waals surface area contributed by atoms with E-state index in [1.807, 2.05) is 26.2 Å². The van der Waals surface area contributed by atoms with Crippen LogP contribution in [0.4, 0.5) is 0 Å². The van der Waals surface area contributed by atoms with Gasteiger partial charge in [-0.25, -0.2) is 0 Å². The van der Waals surface area contributed by atoms with Crippen molar-refractivity contribution in [2.24, 2.45) is 13.0 Å². The van der Waals surface area contributed by atoms with E-state index in [0.29, 0.717) is 5.56 Å². The Balaban J connectivity index is 1.61. The Morgan fingerprint density at radius 2 is 2.36 bits per heavy atom. The van der Waals surface area contributed by atoms with E-state index >= 15 is 0 Å². The molecule has 1 fully saturated rings. The summed E-state index contributed by atoms with van der Waals surface area (Å²) >= 11 is 0. The van der Waals surface area contributed by atoms with Crippen LogP contribution in [0.15, 0.2) is 36.7 Å². The first-order valence-corrected chi connectivity index (χ1v) is 7.27. The lowest BCUT2D eigenvalue weighted by molar-refractivity contribution is -0.150. The first kappa shape index (κ1) is 14.3. The molecule has 1 aromatic heterocycles. The van der Waals surface area contributed by atoms with Crippen LogP contribution < -0.4 is 0 Å². The average molecular weight is 295 g/mol. The lowest BCUT2D eigenvalue weighted by Crippen LogP contribution is -2.11. The zero-order valence-corrected chi connectivity index (χ0v) is 12.6. The number of hydrogen-bond acceptors (Lipinski definition) is 4. The molecule has 1 aromatic carbocycles. The minimum Gasteiger partial charge on any atom is -0.458 e. The highest BCUT2D eigenvalue weighted by Gasteiger charge is 2.46. The van der Waals surface area contributed by atoms with Gasteiger partial charge in [0.2, 0.25) is 0 Å². The molecule has 0 N–H and O–H groups in total. The lowest BCUT2D eigenvalue weighted by Gasteiger charge is -2.13. The molecule has 0 aliphatic heterocycles. The van der Waals surface area contributed by atoms with Crippen molar-refractivity contribution in [3.63, 3.8) is 0 Å². The summed E-state index contributed by atoms with van der Waals surface area (Å²) in [4.78, 5) is 12.2. The summed E-state index contributed by atoms with van der Waals surface area (Å²) in [7, 11) is 1.86. The fourth-order valence-electron chi connectivity index (χ4n) is 2.65. The highest BCUT2D eigenvalue weighted by atomic mass is 16.5. The Bertz CT molecular complexity index is 744. The summed E-state index contributed by atoms with van der Waals surface area (Å²) in [5, 5.41) is 13.1. The topological polar surface area (TPSA) is 67.9 Å². The van der Waals surface area contributed by atoms with Gasteiger partial charge < -0.3 is 4.74 Å². The molecule has 1 saturated carbocycles. The number of ether oxygens (including phenoxy) is 1. The van der Waals surface area contributed by atoms with Crippen molar-refractivity contribution in [1.29, 1.82) is 5.26 Å². The molecule has 3 rings (SSSR count). The fraction of sp³-hybridized carbons (Fsp3) is 0.353. The van der Waals surface area contributed by atoms with Crippen molar-refractivity contribution in [3.05, 3.63) is 53.3 Å². The zero-order valence-electron chi connectivity index (χ0n) is 12.6. The van der Waals surface area contributed by atoms with Crippen LogP contribution in [0.3, 0.4) is 0 Å². The van der Waals surface area contributed by atoms with Gasteiger partial charge in [0, 0.05) is 19.2 Å². The minimum atomic E-state index is -0.351. The summed E-state index contributed by atoms with van der Waals surface area (Å²) in [5.41, 5.74) is 2.50.